The molecule has 0 bridgehead atoms. The second-order valence-corrected chi connectivity index (χ2v) is 9.32. The average molecular weight is 419 g/mol. The number of pyridine rings is 1. The molecule has 2 aliphatic carbocycles. The fourth-order valence-corrected chi connectivity index (χ4v) is 5.22. The van der Waals surface area contributed by atoms with Gasteiger partial charge >= 0.3 is 0 Å². The molecule has 3 heterocycles. The maximum atomic E-state index is 12.2. The van der Waals surface area contributed by atoms with E-state index in [1.807, 2.05) is 0 Å². The van der Waals surface area contributed by atoms with E-state index in [4.69, 9.17) is 5.73 Å². The van der Waals surface area contributed by atoms with E-state index in [-0.39, 0.29) is 17.7 Å². The van der Waals surface area contributed by atoms with Crippen LogP contribution in [0, 0.1) is 29.1 Å². The first-order chi connectivity index (χ1) is 14.6. The number of primary amides is 1. The Hall–Kier alpha value is -3.18. The molecule has 3 N–H and O–H groups in total. The number of fused-ring (bicyclic) bond motifs is 2. The first-order valence-electron chi connectivity index (χ1n) is 10.5. The molecule has 0 radical (unpaired) electrons. The van der Waals surface area contributed by atoms with Gasteiger partial charge in [0.2, 0.25) is 5.60 Å². The van der Waals surface area contributed by atoms with Crippen LogP contribution in [-0.4, -0.2) is 55.8 Å². The highest BCUT2D eigenvalue weighted by molar-refractivity contribution is 5.93. The summed E-state index contributed by atoms with van der Waals surface area (Å²) in [4.78, 5) is 30.1. The molecule has 160 valence electrons. The maximum Gasteiger partial charge on any atom is 0.269 e. The van der Waals surface area contributed by atoms with E-state index in [0.29, 0.717) is 35.5 Å². The summed E-state index contributed by atoms with van der Waals surface area (Å²) in [5.41, 5.74) is 6.97. The van der Waals surface area contributed by atoms with E-state index >= 15 is 0 Å². The van der Waals surface area contributed by atoms with Crippen LogP contribution in [0.4, 0.5) is 0 Å². The zero-order valence-electron chi connectivity index (χ0n) is 17.8. The van der Waals surface area contributed by atoms with Gasteiger partial charge in [-0.2, -0.15) is 5.10 Å². The Labute approximate surface area is 180 Å². The highest BCUT2D eigenvalue weighted by Gasteiger charge is 2.61. The Bertz CT molecular complexity index is 1190. The van der Waals surface area contributed by atoms with Crippen molar-refractivity contribution in [2.45, 2.75) is 38.7 Å². The Morgan fingerprint density at radius 1 is 1.42 bits per heavy atom. The van der Waals surface area contributed by atoms with Crippen molar-refractivity contribution in [3.63, 3.8) is 0 Å². The minimum Gasteiger partial charge on any atom is -0.369 e. The predicted molar refractivity (Wildman–Crippen MR) is 112 cm³/mol. The maximum absolute atomic E-state index is 12.2. The SMILES string of the molecule is C[C@H]1[C@H]2Cc3c(C(N)=O)nn(-c4cc(C#C[C@]5(O)CCN(C)C5=O)ccn4)c3C[C@]21C. The van der Waals surface area contributed by atoms with Crippen molar-refractivity contribution in [3.05, 3.63) is 40.8 Å². The number of aromatic nitrogens is 3. The van der Waals surface area contributed by atoms with Gasteiger partial charge in [-0.15, -0.1) is 0 Å². The molecule has 1 saturated carbocycles. The molecule has 1 saturated heterocycles. The molecular weight excluding hydrogens is 394 g/mol. The van der Waals surface area contributed by atoms with Gasteiger partial charge in [0.1, 0.15) is 0 Å². The summed E-state index contributed by atoms with van der Waals surface area (Å²) in [5, 5.41) is 15.0. The average Bonchev–Trinajstić information content (AvgIpc) is 3.00. The number of likely N-dealkylation sites (N-methyl/N-ethyl adjacent to an activating group) is 1. The lowest BCUT2D eigenvalue weighted by Gasteiger charge is -2.19. The smallest absolute Gasteiger partial charge is 0.269 e. The van der Waals surface area contributed by atoms with Crippen molar-refractivity contribution in [3.8, 4) is 17.7 Å². The van der Waals surface area contributed by atoms with Gasteiger partial charge in [0.15, 0.2) is 11.5 Å². The number of amides is 2. The molecule has 0 spiro atoms. The summed E-state index contributed by atoms with van der Waals surface area (Å²) in [6.07, 6.45) is 3.50. The zero-order chi connectivity index (χ0) is 22.1. The second kappa shape index (κ2) is 6.41. The first-order valence-corrected chi connectivity index (χ1v) is 10.5. The first kappa shape index (κ1) is 19.8. The molecule has 5 rings (SSSR count). The Balaban J connectivity index is 1.53. The molecule has 31 heavy (non-hydrogen) atoms. The van der Waals surface area contributed by atoms with Crippen molar-refractivity contribution >= 4 is 11.8 Å². The summed E-state index contributed by atoms with van der Waals surface area (Å²) in [7, 11) is 1.65. The highest BCUT2D eigenvalue weighted by Crippen LogP contribution is 2.64. The van der Waals surface area contributed by atoms with Gasteiger partial charge in [-0.3, -0.25) is 9.59 Å². The van der Waals surface area contributed by atoms with Crippen LogP contribution in [0.25, 0.3) is 5.82 Å². The molecule has 2 aromatic heterocycles. The Morgan fingerprint density at radius 3 is 2.87 bits per heavy atom. The third-order valence-electron chi connectivity index (χ3n) is 7.56. The van der Waals surface area contributed by atoms with Crippen LogP contribution in [0.3, 0.4) is 0 Å². The van der Waals surface area contributed by atoms with Crippen molar-refractivity contribution in [1.82, 2.24) is 19.7 Å². The van der Waals surface area contributed by atoms with Gasteiger partial charge in [-0.1, -0.05) is 25.7 Å². The molecule has 8 heteroatoms. The molecule has 8 nitrogen and oxygen atoms in total. The van der Waals surface area contributed by atoms with Gasteiger partial charge in [-0.25, -0.2) is 9.67 Å². The largest absolute Gasteiger partial charge is 0.369 e. The van der Waals surface area contributed by atoms with E-state index < -0.39 is 11.5 Å². The van der Waals surface area contributed by atoms with Crippen molar-refractivity contribution in [2.24, 2.45) is 23.0 Å². The quantitative estimate of drug-likeness (QED) is 0.695. The van der Waals surface area contributed by atoms with Crippen molar-refractivity contribution in [2.75, 3.05) is 13.6 Å². The molecular formula is C23H25N5O3. The van der Waals surface area contributed by atoms with E-state index in [9.17, 15) is 14.7 Å². The summed E-state index contributed by atoms with van der Waals surface area (Å²) < 4.78 is 1.70. The van der Waals surface area contributed by atoms with E-state index in [2.05, 4.69) is 35.8 Å². The topological polar surface area (TPSA) is 114 Å². The third-order valence-corrected chi connectivity index (χ3v) is 7.56. The van der Waals surface area contributed by atoms with Crippen LogP contribution in [0.1, 0.15) is 47.6 Å². The molecule has 1 aliphatic heterocycles. The van der Waals surface area contributed by atoms with Crippen molar-refractivity contribution in [1.29, 1.82) is 0 Å². The van der Waals surface area contributed by atoms with E-state index in [1.54, 1.807) is 30.1 Å². The lowest BCUT2D eigenvalue weighted by atomic mass is 9.87. The lowest BCUT2D eigenvalue weighted by molar-refractivity contribution is -0.137. The Kier molecular flexibility index (Phi) is 4.09. The number of nitrogens with zero attached hydrogens (tertiary/aromatic N) is 4. The van der Waals surface area contributed by atoms with Crippen LogP contribution in [-0.2, 0) is 17.6 Å². The van der Waals surface area contributed by atoms with Gasteiger partial charge in [0.05, 0.1) is 5.69 Å². The molecule has 3 aliphatic rings. The van der Waals surface area contributed by atoms with Crippen LogP contribution in [0.15, 0.2) is 18.3 Å². The molecule has 0 aromatic carbocycles. The number of hydrogen-bond acceptors (Lipinski definition) is 5. The van der Waals surface area contributed by atoms with Crippen LogP contribution < -0.4 is 5.73 Å². The fourth-order valence-electron chi connectivity index (χ4n) is 5.22. The summed E-state index contributed by atoms with van der Waals surface area (Å²) in [6, 6.07) is 3.47. The fraction of sp³-hybridized carbons (Fsp3) is 0.478. The summed E-state index contributed by atoms with van der Waals surface area (Å²) in [5.74, 6) is 6.38. The minimum atomic E-state index is -1.66. The Morgan fingerprint density at radius 2 is 2.19 bits per heavy atom. The predicted octanol–water partition coefficient (Wildman–Crippen LogP) is 0.682. The normalized spacial score (nSPS) is 31.0. The summed E-state index contributed by atoms with van der Waals surface area (Å²) in [6.45, 7) is 5.00. The number of carbonyl (C=O) groups excluding carboxylic acids is 2. The lowest BCUT2D eigenvalue weighted by Crippen LogP contribution is -2.37. The minimum absolute atomic E-state index is 0.204. The molecule has 4 atom stereocenters. The van der Waals surface area contributed by atoms with E-state index in [0.717, 1.165) is 24.1 Å². The molecule has 0 unspecified atom stereocenters. The van der Waals surface area contributed by atoms with Crippen molar-refractivity contribution < 1.29 is 14.7 Å². The molecule has 2 amide bonds. The summed E-state index contributed by atoms with van der Waals surface area (Å²) >= 11 is 0. The van der Waals surface area contributed by atoms with Gasteiger partial charge in [0.25, 0.3) is 11.8 Å². The second-order valence-electron chi connectivity index (χ2n) is 9.32. The number of nitrogens with two attached hydrogens (primary N) is 1. The molecule has 2 fully saturated rings. The number of aliphatic hydroxyl groups is 1. The molecule has 2 aromatic rings. The zero-order valence-corrected chi connectivity index (χ0v) is 17.8. The highest BCUT2D eigenvalue weighted by atomic mass is 16.3. The van der Waals surface area contributed by atoms with Gasteiger partial charge < -0.3 is 15.7 Å². The number of likely N-dealkylation sites (tertiary alicyclic amines) is 1. The standard InChI is InChI=1S/C23H25N5O3/c1-13-16-11-15-17(12-22(13,16)2)28(26-19(15)20(24)29)18-10-14(5-8-25-18)4-6-23(31)7-9-27(3)21(23)30/h5,8,10,13,16,31H,7,9,11-12H2,1-3H3,(H2,24,29)/t13-,16+,22-,23-/m0/s1. The number of carbonyl (C=O) groups is 2. The van der Waals surface area contributed by atoms with Crippen LogP contribution in [0.2, 0.25) is 0 Å². The number of hydrogen-bond donors (Lipinski definition) is 2. The van der Waals surface area contributed by atoms with E-state index in [1.165, 1.54) is 4.90 Å². The van der Waals surface area contributed by atoms with Gasteiger partial charge in [-0.05, 0) is 42.2 Å². The third kappa shape index (κ3) is 2.87. The van der Waals surface area contributed by atoms with Crippen LogP contribution >= 0.6 is 0 Å². The van der Waals surface area contributed by atoms with Gasteiger partial charge in [0, 0.05) is 37.3 Å². The monoisotopic (exact) mass is 419 g/mol. The van der Waals surface area contributed by atoms with Crippen LogP contribution in [0.5, 0.6) is 0 Å². The number of rotatable bonds is 2.